The maximum atomic E-state index is 14.2. The van der Waals surface area contributed by atoms with E-state index in [2.05, 4.69) is 10.3 Å². The molecule has 2 heterocycles. The van der Waals surface area contributed by atoms with Crippen LogP contribution in [0.5, 0.6) is 0 Å². The van der Waals surface area contributed by atoms with E-state index in [-0.39, 0.29) is 23.7 Å². The van der Waals surface area contributed by atoms with Crippen LogP contribution in [-0.2, 0) is 20.7 Å². The molecule has 1 aliphatic rings. The molecule has 1 saturated heterocycles. The molecule has 1 amide bonds. The summed E-state index contributed by atoms with van der Waals surface area (Å²) in [7, 11) is -0.794. The second-order valence-corrected chi connectivity index (χ2v) is 8.69. The number of carbonyl (C=O) groups is 1. The molecule has 164 valence electrons. The van der Waals surface area contributed by atoms with E-state index in [1.807, 2.05) is 58.0 Å². The number of rotatable bonds is 6. The Morgan fingerprint density at radius 1 is 1.23 bits per heavy atom. The van der Waals surface area contributed by atoms with E-state index in [0.717, 1.165) is 5.56 Å². The molecule has 3 rings (SSSR count). The Morgan fingerprint density at radius 3 is 2.52 bits per heavy atom. The van der Waals surface area contributed by atoms with Gasteiger partial charge in [-0.1, -0.05) is 48.0 Å². The first-order chi connectivity index (χ1) is 14.6. The number of pyridine rings is 1. The lowest BCUT2D eigenvalue weighted by molar-refractivity contribution is 0.00578. The van der Waals surface area contributed by atoms with E-state index in [1.165, 1.54) is 18.3 Å². The zero-order chi connectivity index (χ0) is 22.6. The van der Waals surface area contributed by atoms with Crippen LogP contribution in [-0.4, -0.2) is 35.9 Å². The lowest BCUT2D eigenvalue weighted by Gasteiger charge is -2.32. The average molecular weight is 447 g/mol. The Labute approximate surface area is 186 Å². The number of amides is 1. The number of carbonyl (C=O) groups excluding carboxylic acids is 1. The highest BCUT2D eigenvalue weighted by Crippen LogP contribution is 2.38. The van der Waals surface area contributed by atoms with Crippen molar-refractivity contribution in [2.24, 2.45) is 0 Å². The Bertz CT molecular complexity index is 953. The van der Waals surface area contributed by atoms with E-state index in [4.69, 9.17) is 25.6 Å². The molecule has 6 nitrogen and oxygen atoms in total. The second kappa shape index (κ2) is 9.38. The summed E-state index contributed by atoms with van der Waals surface area (Å²) < 4.78 is 31.6. The number of hydrogen-bond donors (Lipinski definition) is 1. The van der Waals surface area contributed by atoms with Gasteiger partial charge in [0.05, 0.1) is 16.2 Å². The van der Waals surface area contributed by atoms with Crippen LogP contribution in [0.25, 0.3) is 6.08 Å². The van der Waals surface area contributed by atoms with Gasteiger partial charge in [-0.15, -0.1) is 0 Å². The Hall–Kier alpha value is -2.42. The normalized spacial score (nSPS) is 17.5. The molecule has 0 saturated carbocycles. The first kappa shape index (κ1) is 23.3. The first-order valence-corrected chi connectivity index (χ1v) is 10.3. The van der Waals surface area contributed by atoms with Gasteiger partial charge >= 0.3 is 13.2 Å². The van der Waals surface area contributed by atoms with Gasteiger partial charge in [-0.2, -0.15) is 4.39 Å². The minimum absolute atomic E-state index is 0.0242. The average Bonchev–Trinajstić information content (AvgIpc) is 2.94. The van der Waals surface area contributed by atoms with Gasteiger partial charge in [-0.05, 0) is 44.8 Å². The molecule has 0 bridgehead atoms. The zero-order valence-electron chi connectivity index (χ0n) is 17.9. The SMILES string of the molecule is CC1(C)OB(C(=Cc2cc(Cl)cnc2F)CNC(=O)OCc2ccccc2)OC1(C)C. The van der Waals surface area contributed by atoms with Crippen molar-refractivity contribution in [1.82, 2.24) is 10.3 Å². The highest BCUT2D eigenvalue weighted by molar-refractivity contribution is 6.56. The lowest BCUT2D eigenvalue weighted by Crippen LogP contribution is -2.41. The third-order valence-electron chi connectivity index (χ3n) is 5.38. The van der Waals surface area contributed by atoms with Gasteiger partial charge in [0.15, 0.2) is 0 Å². The summed E-state index contributed by atoms with van der Waals surface area (Å²) in [6.45, 7) is 7.80. The number of ether oxygens (including phenoxy) is 1. The van der Waals surface area contributed by atoms with Crippen molar-refractivity contribution in [3.63, 3.8) is 0 Å². The number of benzene rings is 1. The Balaban J connectivity index is 1.75. The smallest absolute Gasteiger partial charge is 0.445 e. The summed E-state index contributed by atoms with van der Waals surface area (Å²) in [5.74, 6) is -0.690. The van der Waals surface area contributed by atoms with Crippen LogP contribution in [0.4, 0.5) is 9.18 Å². The van der Waals surface area contributed by atoms with E-state index < -0.39 is 30.4 Å². The lowest BCUT2D eigenvalue weighted by atomic mass is 9.77. The number of nitrogens with zero attached hydrogens (tertiary/aromatic N) is 1. The molecule has 1 aromatic carbocycles. The monoisotopic (exact) mass is 446 g/mol. The molecule has 0 unspecified atom stereocenters. The predicted octanol–water partition coefficient (Wildman–Crippen LogP) is 4.82. The topological polar surface area (TPSA) is 69.7 Å². The van der Waals surface area contributed by atoms with Crippen molar-refractivity contribution in [3.8, 4) is 0 Å². The van der Waals surface area contributed by atoms with Crippen LogP contribution in [0.2, 0.25) is 5.02 Å². The largest absolute Gasteiger partial charge is 0.492 e. The Morgan fingerprint density at radius 2 is 1.87 bits per heavy atom. The molecule has 1 N–H and O–H groups in total. The van der Waals surface area contributed by atoms with Crippen molar-refractivity contribution >= 4 is 30.9 Å². The molecule has 0 aliphatic carbocycles. The molecule has 1 fully saturated rings. The van der Waals surface area contributed by atoms with Gasteiger partial charge in [0.2, 0.25) is 5.95 Å². The summed E-state index contributed by atoms with van der Waals surface area (Å²) >= 11 is 5.97. The maximum absolute atomic E-state index is 14.2. The summed E-state index contributed by atoms with van der Waals surface area (Å²) in [5.41, 5.74) is 0.326. The number of nitrogens with one attached hydrogen (secondary N) is 1. The van der Waals surface area contributed by atoms with Crippen LogP contribution in [0, 0.1) is 5.95 Å². The molecule has 0 spiro atoms. The van der Waals surface area contributed by atoms with E-state index in [1.54, 1.807) is 0 Å². The van der Waals surface area contributed by atoms with Crippen LogP contribution in [0.15, 0.2) is 48.1 Å². The van der Waals surface area contributed by atoms with Crippen molar-refractivity contribution in [2.75, 3.05) is 6.54 Å². The fraction of sp³-hybridized carbons (Fsp3) is 0.364. The van der Waals surface area contributed by atoms with E-state index >= 15 is 0 Å². The van der Waals surface area contributed by atoms with Gasteiger partial charge in [0, 0.05) is 18.3 Å². The fourth-order valence-electron chi connectivity index (χ4n) is 2.88. The highest BCUT2D eigenvalue weighted by atomic mass is 35.5. The van der Waals surface area contributed by atoms with Crippen molar-refractivity contribution in [2.45, 2.75) is 45.5 Å². The summed E-state index contributed by atoms with van der Waals surface area (Å²) in [6, 6.07) is 10.8. The van der Waals surface area contributed by atoms with Crippen molar-refractivity contribution in [1.29, 1.82) is 0 Å². The molecule has 1 aromatic heterocycles. The van der Waals surface area contributed by atoms with Crippen LogP contribution >= 0.6 is 11.6 Å². The van der Waals surface area contributed by atoms with Crippen molar-refractivity contribution in [3.05, 3.63) is 70.2 Å². The van der Waals surface area contributed by atoms with Crippen LogP contribution in [0.1, 0.15) is 38.8 Å². The summed E-state index contributed by atoms with van der Waals surface area (Å²) in [6.07, 6.45) is 2.13. The second-order valence-electron chi connectivity index (χ2n) is 8.26. The molecule has 1 aliphatic heterocycles. The summed E-state index contributed by atoms with van der Waals surface area (Å²) in [5, 5.41) is 2.96. The minimum Gasteiger partial charge on any atom is -0.445 e. The zero-order valence-corrected chi connectivity index (χ0v) is 18.7. The van der Waals surface area contributed by atoms with Gasteiger partial charge in [-0.25, -0.2) is 9.78 Å². The number of halogens is 2. The molecule has 0 atom stereocenters. The molecular weight excluding hydrogens is 422 g/mol. The van der Waals surface area contributed by atoms with Gasteiger partial charge in [-0.3, -0.25) is 0 Å². The molecule has 0 radical (unpaired) electrons. The standard InChI is InChI=1S/C22H25BClFN2O4/c1-21(2)22(3,4)31-23(30-21)17(10-16-11-18(24)13-26-19(16)25)12-27-20(28)29-14-15-8-6-5-7-9-15/h5-11,13H,12,14H2,1-4H3,(H,27,28). The van der Waals surface area contributed by atoms with Crippen molar-refractivity contribution < 1.29 is 23.2 Å². The third-order valence-corrected chi connectivity index (χ3v) is 5.59. The number of aromatic nitrogens is 1. The van der Waals surface area contributed by atoms with Crippen LogP contribution < -0.4 is 5.32 Å². The third kappa shape index (κ3) is 5.84. The molecule has 9 heteroatoms. The van der Waals surface area contributed by atoms with Gasteiger partial charge in [0.25, 0.3) is 0 Å². The van der Waals surface area contributed by atoms with E-state index in [9.17, 15) is 9.18 Å². The quantitative estimate of drug-likeness (QED) is 0.509. The molecule has 2 aromatic rings. The fourth-order valence-corrected chi connectivity index (χ4v) is 3.05. The van der Waals surface area contributed by atoms with Gasteiger partial charge < -0.3 is 19.4 Å². The van der Waals surface area contributed by atoms with E-state index in [0.29, 0.717) is 5.47 Å². The molecular formula is C22H25BClFN2O4. The molecule has 31 heavy (non-hydrogen) atoms. The minimum atomic E-state index is -0.794. The number of alkyl carbamates (subject to hydrolysis) is 1. The first-order valence-electron chi connectivity index (χ1n) is 9.89. The van der Waals surface area contributed by atoms with Crippen LogP contribution in [0.3, 0.4) is 0 Å². The summed E-state index contributed by atoms with van der Waals surface area (Å²) in [4.78, 5) is 15.9. The highest BCUT2D eigenvalue weighted by Gasteiger charge is 2.52. The number of hydrogen-bond acceptors (Lipinski definition) is 5. The Kier molecular flexibility index (Phi) is 7.04. The van der Waals surface area contributed by atoms with Gasteiger partial charge in [0.1, 0.15) is 6.61 Å². The predicted molar refractivity (Wildman–Crippen MR) is 118 cm³/mol. The maximum Gasteiger partial charge on any atom is 0.492 e.